The second kappa shape index (κ2) is 5.10. The molecule has 1 atom stereocenters. The average Bonchev–Trinajstić information content (AvgIpc) is 2.52. The summed E-state index contributed by atoms with van der Waals surface area (Å²) < 4.78 is 2.10. The highest BCUT2D eigenvalue weighted by atomic mass is 15.3. The van der Waals surface area contributed by atoms with Crippen LogP contribution in [-0.2, 0) is 13.0 Å². The molecule has 1 heterocycles. The van der Waals surface area contributed by atoms with E-state index in [1.54, 1.807) is 6.33 Å². The fraction of sp³-hybridized carbons (Fsp3) is 0.800. The van der Waals surface area contributed by atoms with Crippen molar-refractivity contribution >= 4 is 0 Å². The minimum atomic E-state index is 0.199. The normalized spacial score (nSPS) is 13.5. The van der Waals surface area contributed by atoms with Crippen molar-refractivity contribution in [3.05, 3.63) is 12.2 Å². The Kier molecular flexibility index (Phi) is 4.07. The van der Waals surface area contributed by atoms with Crippen LogP contribution >= 0.6 is 0 Å². The Balaban J connectivity index is 2.62. The number of rotatable bonds is 5. The summed E-state index contributed by atoms with van der Waals surface area (Å²) in [6.45, 7) is 7.43. The monoisotopic (exact) mass is 196 g/mol. The van der Waals surface area contributed by atoms with Gasteiger partial charge in [-0.15, -0.1) is 10.2 Å². The molecule has 0 saturated carbocycles. The highest BCUT2D eigenvalue weighted by Gasteiger charge is 2.09. The zero-order valence-corrected chi connectivity index (χ0v) is 9.27. The summed E-state index contributed by atoms with van der Waals surface area (Å²) in [6.07, 6.45) is 3.59. The lowest BCUT2D eigenvalue weighted by molar-refractivity contribution is 0.494. The van der Waals surface area contributed by atoms with Gasteiger partial charge in [0, 0.05) is 19.0 Å². The van der Waals surface area contributed by atoms with Gasteiger partial charge in [-0.2, -0.15) is 0 Å². The van der Waals surface area contributed by atoms with Crippen LogP contribution in [0.15, 0.2) is 6.33 Å². The minimum absolute atomic E-state index is 0.199. The molecular weight excluding hydrogens is 176 g/mol. The maximum Gasteiger partial charge on any atom is 0.134 e. The largest absolute Gasteiger partial charge is 0.327 e. The van der Waals surface area contributed by atoms with Crippen molar-refractivity contribution in [1.29, 1.82) is 0 Å². The molecule has 0 saturated heterocycles. The van der Waals surface area contributed by atoms with Crippen LogP contribution in [-0.4, -0.2) is 20.8 Å². The Morgan fingerprint density at radius 3 is 2.79 bits per heavy atom. The van der Waals surface area contributed by atoms with Gasteiger partial charge >= 0.3 is 0 Å². The first kappa shape index (κ1) is 11.2. The Morgan fingerprint density at radius 2 is 2.21 bits per heavy atom. The number of nitrogens with zero attached hydrogens (tertiary/aromatic N) is 3. The molecule has 1 aromatic rings. The Bertz CT molecular complexity index is 267. The first-order valence-corrected chi connectivity index (χ1v) is 5.25. The van der Waals surface area contributed by atoms with Crippen molar-refractivity contribution < 1.29 is 0 Å². The average molecular weight is 196 g/mol. The third kappa shape index (κ3) is 3.10. The summed E-state index contributed by atoms with van der Waals surface area (Å²) in [5.41, 5.74) is 5.88. The van der Waals surface area contributed by atoms with Gasteiger partial charge in [-0.3, -0.25) is 0 Å². The zero-order chi connectivity index (χ0) is 10.6. The Hall–Kier alpha value is -0.900. The van der Waals surface area contributed by atoms with Gasteiger partial charge in [0.15, 0.2) is 0 Å². The summed E-state index contributed by atoms with van der Waals surface area (Å²) in [4.78, 5) is 0. The van der Waals surface area contributed by atoms with E-state index in [-0.39, 0.29) is 6.04 Å². The highest BCUT2D eigenvalue weighted by molar-refractivity contribution is 4.89. The van der Waals surface area contributed by atoms with Crippen LogP contribution in [0.25, 0.3) is 0 Å². The van der Waals surface area contributed by atoms with Gasteiger partial charge in [0.2, 0.25) is 0 Å². The van der Waals surface area contributed by atoms with Crippen molar-refractivity contribution in [2.24, 2.45) is 11.7 Å². The number of hydrogen-bond donors (Lipinski definition) is 1. The van der Waals surface area contributed by atoms with Crippen molar-refractivity contribution in [2.75, 3.05) is 0 Å². The molecule has 2 N–H and O–H groups in total. The van der Waals surface area contributed by atoms with Gasteiger partial charge in [-0.1, -0.05) is 20.8 Å². The molecule has 4 heteroatoms. The summed E-state index contributed by atoms with van der Waals surface area (Å²) in [6, 6.07) is 0.199. The van der Waals surface area contributed by atoms with E-state index in [0.29, 0.717) is 5.92 Å². The molecule has 0 fully saturated rings. The van der Waals surface area contributed by atoms with Crippen LogP contribution in [0, 0.1) is 5.92 Å². The van der Waals surface area contributed by atoms with Crippen molar-refractivity contribution in [1.82, 2.24) is 14.8 Å². The zero-order valence-electron chi connectivity index (χ0n) is 9.27. The molecule has 0 bridgehead atoms. The minimum Gasteiger partial charge on any atom is -0.327 e. The van der Waals surface area contributed by atoms with Crippen molar-refractivity contribution in [3.8, 4) is 0 Å². The van der Waals surface area contributed by atoms with Crippen LogP contribution < -0.4 is 5.73 Å². The lowest BCUT2D eigenvalue weighted by Crippen LogP contribution is -2.24. The molecule has 0 amide bonds. The van der Waals surface area contributed by atoms with Crippen LogP contribution in [0.3, 0.4) is 0 Å². The molecule has 1 rings (SSSR count). The van der Waals surface area contributed by atoms with Crippen LogP contribution in [0.4, 0.5) is 0 Å². The topological polar surface area (TPSA) is 56.7 Å². The van der Waals surface area contributed by atoms with Gasteiger partial charge in [0.05, 0.1) is 0 Å². The molecule has 0 aromatic carbocycles. The number of nitrogens with two attached hydrogens (primary N) is 1. The summed E-state index contributed by atoms with van der Waals surface area (Å²) >= 11 is 0. The van der Waals surface area contributed by atoms with E-state index in [2.05, 4.69) is 35.5 Å². The molecule has 0 aliphatic carbocycles. The van der Waals surface area contributed by atoms with Crippen LogP contribution in [0.5, 0.6) is 0 Å². The summed E-state index contributed by atoms with van der Waals surface area (Å²) in [5.74, 6) is 1.62. The first-order valence-electron chi connectivity index (χ1n) is 5.25. The lowest BCUT2D eigenvalue weighted by atomic mass is 10.1. The van der Waals surface area contributed by atoms with Gasteiger partial charge in [-0.05, 0) is 12.3 Å². The van der Waals surface area contributed by atoms with Gasteiger partial charge in [-0.25, -0.2) is 0 Å². The van der Waals surface area contributed by atoms with E-state index >= 15 is 0 Å². The molecule has 4 nitrogen and oxygen atoms in total. The molecule has 1 aromatic heterocycles. The molecule has 14 heavy (non-hydrogen) atoms. The van der Waals surface area contributed by atoms with Gasteiger partial charge in [0.1, 0.15) is 12.2 Å². The third-order valence-corrected chi connectivity index (χ3v) is 2.23. The van der Waals surface area contributed by atoms with E-state index < -0.39 is 0 Å². The smallest absolute Gasteiger partial charge is 0.134 e. The van der Waals surface area contributed by atoms with Crippen molar-refractivity contribution in [3.63, 3.8) is 0 Å². The molecule has 0 spiro atoms. The maximum atomic E-state index is 5.88. The SMILES string of the molecule is CCC(N)Cc1nncn1CC(C)C. The van der Waals surface area contributed by atoms with Crippen LogP contribution in [0.2, 0.25) is 0 Å². The predicted molar refractivity (Wildman–Crippen MR) is 56.8 cm³/mol. The number of aromatic nitrogens is 3. The summed E-state index contributed by atoms with van der Waals surface area (Å²) in [7, 11) is 0. The van der Waals surface area contributed by atoms with E-state index in [4.69, 9.17) is 5.73 Å². The summed E-state index contributed by atoms with van der Waals surface area (Å²) in [5, 5.41) is 8.01. The molecule has 1 unspecified atom stereocenters. The van der Waals surface area contributed by atoms with E-state index in [0.717, 1.165) is 25.2 Å². The highest BCUT2D eigenvalue weighted by Crippen LogP contribution is 2.05. The molecule has 0 aliphatic heterocycles. The fourth-order valence-electron chi connectivity index (χ4n) is 1.36. The standard InChI is InChI=1S/C10H20N4/c1-4-9(11)5-10-13-12-7-14(10)6-8(2)3/h7-9H,4-6,11H2,1-3H3. The second-order valence-electron chi connectivity index (χ2n) is 4.17. The quantitative estimate of drug-likeness (QED) is 0.770. The third-order valence-electron chi connectivity index (χ3n) is 2.23. The van der Waals surface area contributed by atoms with E-state index in [1.807, 2.05) is 0 Å². The van der Waals surface area contributed by atoms with E-state index in [1.165, 1.54) is 0 Å². The van der Waals surface area contributed by atoms with Gasteiger partial charge in [0.25, 0.3) is 0 Å². The Labute approximate surface area is 85.5 Å². The Morgan fingerprint density at radius 1 is 1.50 bits per heavy atom. The lowest BCUT2D eigenvalue weighted by Gasteiger charge is -2.11. The number of hydrogen-bond acceptors (Lipinski definition) is 3. The first-order chi connectivity index (χ1) is 6.63. The van der Waals surface area contributed by atoms with E-state index in [9.17, 15) is 0 Å². The molecular formula is C10H20N4. The molecule has 0 aliphatic rings. The molecule has 80 valence electrons. The van der Waals surface area contributed by atoms with Crippen molar-refractivity contribution in [2.45, 2.75) is 46.2 Å². The maximum absolute atomic E-state index is 5.88. The predicted octanol–water partition coefficient (Wildman–Crippen LogP) is 1.21. The van der Waals surface area contributed by atoms with Crippen LogP contribution in [0.1, 0.15) is 33.0 Å². The van der Waals surface area contributed by atoms with Gasteiger partial charge < -0.3 is 10.3 Å². The molecule has 0 radical (unpaired) electrons. The second-order valence-corrected chi connectivity index (χ2v) is 4.17. The fourth-order valence-corrected chi connectivity index (χ4v) is 1.36.